The summed E-state index contributed by atoms with van der Waals surface area (Å²) in [5.41, 5.74) is 5.71. The van der Waals surface area contributed by atoms with Gasteiger partial charge < -0.3 is 5.73 Å². The summed E-state index contributed by atoms with van der Waals surface area (Å²) in [7, 11) is -3.54. The zero-order valence-electron chi connectivity index (χ0n) is 11.4. The van der Waals surface area contributed by atoms with Crippen LogP contribution < -0.4 is 10.5 Å². The molecule has 0 fully saturated rings. The second kappa shape index (κ2) is 6.44. The lowest BCUT2D eigenvalue weighted by molar-refractivity contribution is 0.571. The van der Waals surface area contributed by atoms with Crippen molar-refractivity contribution in [2.75, 3.05) is 12.0 Å². The van der Waals surface area contributed by atoms with E-state index in [1.54, 1.807) is 11.8 Å². The summed E-state index contributed by atoms with van der Waals surface area (Å²) in [6, 6.07) is 7.39. The third-order valence-electron chi connectivity index (χ3n) is 2.85. The van der Waals surface area contributed by atoms with E-state index in [0.29, 0.717) is 9.77 Å². The third kappa shape index (κ3) is 3.17. The van der Waals surface area contributed by atoms with Gasteiger partial charge in [-0.25, -0.2) is 13.1 Å². The molecular formula is C13H18N2O2S3. The van der Waals surface area contributed by atoms with Gasteiger partial charge in [0.15, 0.2) is 0 Å². The van der Waals surface area contributed by atoms with Crippen molar-refractivity contribution in [3.8, 4) is 0 Å². The fourth-order valence-electron chi connectivity index (χ4n) is 2.11. The minimum Gasteiger partial charge on any atom is -0.326 e. The maximum absolute atomic E-state index is 12.6. The van der Waals surface area contributed by atoms with E-state index < -0.39 is 10.0 Å². The number of hydrogen-bond acceptors (Lipinski definition) is 5. The summed E-state index contributed by atoms with van der Waals surface area (Å²) in [6.45, 7) is 2.09. The highest BCUT2D eigenvalue weighted by Gasteiger charge is 2.25. The number of rotatable bonds is 6. The molecule has 1 aromatic carbocycles. The molecule has 2 rings (SSSR count). The third-order valence-corrected chi connectivity index (χ3v) is 6.72. The lowest BCUT2D eigenvalue weighted by atomic mass is 10.2. The predicted molar refractivity (Wildman–Crippen MR) is 87.9 cm³/mol. The van der Waals surface area contributed by atoms with E-state index in [1.165, 1.54) is 11.3 Å². The van der Waals surface area contributed by atoms with Crippen LogP contribution in [0.3, 0.4) is 0 Å². The van der Waals surface area contributed by atoms with Crippen LogP contribution in [0, 0.1) is 0 Å². The Morgan fingerprint density at radius 3 is 2.75 bits per heavy atom. The van der Waals surface area contributed by atoms with Crippen molar-refractivity contribution in [1.82, 2.24) is 4.72 Å². The fraction of sp³-hybridized carbons (Fsp3) is 0.385. The minimum atomic E-state index is -3.54. The highest BCUT2D eigenvalue weighted by molar-refractivity contribution is 7.98. The number of nitrogens with one attached hydrogen (secondary N) is 1. The largest absolute Gasteiger partial charge is 0.326 e. The summed E-state index contributed by atoms with van der Waals surface area (Å²) < 4.78 is 28.9. The van der Waals surface area contributed by atoms with Crippen LogP contribution in [0.1, 0.15) is 11.8 Å². The summed E-state index contributed by atoms with van der Waals surface area (Å²) in [5.74, 6) is 0.735. The molecule has 0 saturated heterocycles. The zero-order chi connectivity index (χ0) is 14.8. The van der Waals surface area contributed by atoms with E-state index in [-0.39, 0.29) is 12.6 Å². The van der Waals surface area contributed by atoms with Gasteiger partial charge in [-0.1, -0.05) is 18.2 Å². The number of hydrogen-bond donors (Lipinski definition) is 2. The van der Waals surface area contributed by atoms with Crippen molar-refractivity contribution in [3.63, 3.8) is 0 Å². The Balaban J connectivity index is 2.50. The summed E-state index contributed by atoms with van der Waals surface area (Å²) >= 11 is 3.05. The lowest BCUT2D eigenvalue weighted by Gasteiger charge is -2.13. The zero-order valence-corrected chi connectivity index (χ0v) is 13.9. The van der Waals surface area contributed by atoms with Gasteiger partial charge in [0, 0.05) is 33.3 Å². The average Bonchev–Trinajstić information content (AvgIpc) is 2.77. The Hall–Kier alpha value is -0.600. The maximum Gasteiger partial charge on any atom is 0.242 e. The van der Waals surface area contributed by atoms with Crippen LogP contribution in [-0.2, 0) is 16.6 Å². The molecule has 1 heterocycles. The van der Waals surface area contributed by atoms with Crippen LogP contribution in [0.15, 0.2) is 29.2 Å². The summed E-state index contributed by atoms with van der Waals surface area (Å²) in [6.07, 6.45) is 1.95. The van der Waals surface area contributed by atoms with Crippen LogP contribution >= 0.6 is 23.1 Å². The molecular weight excluding hydrogens is 312 g/mol. The first-order valence-electron chi connectivity index (χ1n) is 6.21. The second-order valence-corrected chi connectivity index (χ2v) is 8.23. The van der Waals surface area contributed by atoms with Crippen molar-refractivity contribution in [2.24, 2.45) is 5.73 Å². The van der Waals surface area contributed by atoms with E-state index in [9.17, 15) is 8.42 Å². The molecule has 20 heavy (non-hydrogen) atoms. The fourth-order valence-corrected chi connectivity index (χ4v) is 5.88. The molecule has 3 N–H and O–H groups in total. The molecule has 1 atom stereocenters. The van der Waals surface area contributed by atoms with Crippen molar-refractivity contribution >= 4 is 43.2 Å². The predicted octanol–water partition coefficient (Wildman–Crippen LogP) is 2.39. The van der Waals surface area contributed by atoms with Gasteiger partial charge in [0.25, 0.3) is 0 Å². The molecule has 0 amide bonds. The molecule has 0 aliphatic rings. The number of thiophene rings is 1. The van der Waals surface area contributed by atoms with E-state index >= 15 is 0 Å². The van der Waals surface area contributed by atoms with Gasteiger partial charge in [0.05, 0.1) is 0 Å². The smallest absolute Gasteiger partial charge is 0.242 e. The Labute approximate surface area is 127 Å². The number of benzene rings is 1. The van der Waals surface area contributed by atoms with Crippen LogP contribution in [0.5, 0.6) is 0 Å². The second-order valence-electron chi connectivity index (χ2n) is 4.53. The van der Waals surface area contributed by atoms with Gasteiger partial charge in [0.2, 0.25) is 10.0 Å². The first-order valence-corrected chi connectivity index (χ1v) is 9.90. The highest BCUT2D eigenvalue weighted by Crippen LogP contribution is 2.34. The monoisotopic (exact) mass is 330 g/mol. The number of fused-ring (bicyclic) bond motifs is 1. The van der Waals surface area contributed by atoms with Crippen molar-refractivity contribution in [2.45, 2.75) is 24.4 Å². The van der Waals surface area contributed by atoms with Gasteiger partial charge in [0.1, 0.15) is 4.90 Å². The molecule has 0 bridgehead atoms. The Bertz CT molecular complexity index is 695. The standard InChI is InChI=1S/C13H18N2O2S3/c1-9(8-18-2)15-20(16,17)13-10-5-3-4-6-11(10)19-12(13)7-14/h3-6,9,15H,7-8,14H2,1-2H3. The maximum atomic E-state index is 12.6. The van der Waals surface area contributed by atoms with Crippen molar-refractivity contribution < 1.29 is 8.42 Å². The summed E-state index contributed by atoms with van der Waals surface area (Å²) in [5, 5.41) is 0.752. The summed E-state index contributed by atoms with van der Waals surface area (Å²) in [4.78, 5) is 1.05. The first-order chi connectivity index (χ1) is 9.49. The van der Waals surface area contributed by atoms with Gasteiger partial charge in [-0.15, -0.1) is 11.3 Å². The molecule has 0 radical (unpaired) electrons. The molecule has 7 heteroatoms. The van der Waals surface area contributed by atoms with E-state index in [4.69, 9.17) is 5.73 Å². The normalized spacial score (nSPS) is 13.8. The molecule has 0 saturated carbocycles. The lowest BCUT2D eigenvalue weighted by Crippen LogP contribution is -2.34. The SMILES string of the molecule is CSCC(C)NS(=O)(=O)c1c(CN)sc2ccccc12. The molecule has 110 valence electrons. The molecule has 0 aliphatic heterocycles. The van der Waals surface area contributed by atoms with Crippen LogP contribution in [-0.4, -0.2) is 26.5 Å². The van der Waals surface area contributed by atoms with Crippen LogP contribution in [0.4, 0.5) is 0 Å². The van der Waals surface area contributed by atoms with Crippen molar-refractivity contribution in [1.29, 1.82) is 0 Å². The quantitative estimate of drug-likeness (QED) is 0.853. The van der Waals surface area contributed by atoms with Gasteiger partial charge in [-0.05, 0) is 19.2 Å². The van der Waals surface area contributed by atoms with E-state index in [2.05, 4.69) is 4.72 Å². The molecule has 0 spiro atoms. The Morgan fingerprint density at radius 1 is 1.40 bits per heavy atom. The highest BCUT2D eigenvalue weighted by atomic mass is 32.2. The molecule has 2 aromatic rings. The molecule has 1 unspecified atom stereocenters. The molecule has 0 aliphatic carbocycles. The number of sulfonamides is 1. The van der Waals surface area contributed by atoms with E-state index in [0.717, 1.165) is 15.8 Å². The molecule has 4 nitrogen and oxygen atoms in total. The van der Waals surface area contributed by atoms with Gasteiger partial charge in [-0.2, -0.15) is 11.8 Å². The van der Waals surface area contributed by atoms with Crippen molar-refractivity contribution in [3.05, 3.63) is 29.1 Å². The van der Waals surface area contributed by atoms with Gasteiger partial charge >= 0.3 is 0 Å². The van der Waals surface area contributed by atoms with Crippen LogP contribution in [0.2, 0.25) is 0 Å². The Morgan fingerprint density at radius 2 is 2.10 bits per heavy atom. The number of nitrogens with two attached hydrogens (primary N) is 1. The average molecular weight is 330 g/mol. The minimum absolute atomic E-state index is 0.112. The topological polar surface area (TPSA) is 72.2 Å². The first kappa shape index (κ1) is 15.8. The molecule has 1 aromatic heterocycles. The van der Waals surface area contributed by atoms with Crippen LogP contribution in [0.25, 0.3) is 10.1 Å². The van der Waals surface area contributed by atoms with E-state index in [1.807, 2.05) is 37.4 Å². The Kier molecular flexibility index (Phi) is 5.09. The number of thioether (sulfide) groups is 1. The van der Waals surface area contributed by atoms with Gasteiger partial charge in [-0.3, -0.25) is 0 Å².